The molecule has 0 spiro atoms. The molecule has 2 aromatic rings. The van der Waals surface area contributed by atoms with Crippen LogP contribution < -0.4 is 9.47 Å². The lowest BCUT2D eigenvalue weighted by Crippen LogP contribution is -2.56. The number of piperidine rings is 1. The Morgan fingerprint density at radius 3 is 2.48 bits per heavy atom. The van der Waals surface area contributed by atoms with E-state index in [-0.39, 0.29) is 24.4 Å². The van der Waals surface area contributed by atoms with E-state index in [4.69, 9.17) is 14.3 Å². The van der Waals surface area contributed by atoms with Crippen LogP contribution in [0.5, 0.6) is 11.5 Å². The Balaban J connectivity index is 1.99. The van der Waals surface area contributed by atoms with Crippen LogP contribution in [0.15, 0.2) is 48.5 Å². The second-order valence-electron chi connectivity index (χ2n) is 7.25. The summed E-state index contributed by atoms with van der Waals surface area (Å²) in [7, 11) is 3.03. The van der Waals surface area contributed by atoms with Crippen LogP contribution in [0.25, 0.3) is 0 Å². The summed E-state index contributed by atoms with van der Waals surface area (Å²) in [6.45, 7) is 1.80. The van der Waals surface area contributed by atoms with Gasteiger partial charge in [0.05, 0.1) is 20.8 Å². The van der Waals surface area contributed by atoms with Gasteiger partial charge in [0.2, 0.25) is 6.04 Å². The van der Waals surface area contributed by atoms with Crippen molar-refractivity contribution in [1.29, 1.82) is 0 Å². The molecule has 3 atom stereocenters. The molecule has 8 heteroatoms. The van der Waals surface area contributed by atoms with Crippen molar-refractivity contribution in [3.8, 4) is 11.5 Å². The molecule has 2 aromatic carbocycles. The molecule has 0 saturated carbocycles. The number of ether oxygens (including phenoxy) is 2. The van der Waals surface area contributed by atoms with Crippen LogP contribution in [0.4, 0.5) is 0 Å². The molecule has 1 N–H and O–H groups in total. The van der Waals surface area contributed by atoms with E-state index in [2.05, 4.69) is 0 Å². The highest BCUT2D eigenvalue weighted by molar-refractivity contribution is 5.44. The number of benzene rings is 2. The fraction of sp³-hybridized carbons (Fsp3) is 0.429. The molecule has 1 saturated heterocycles. The molecule has 1 aliphatic rings. The van der Waals surface area contributed by atoms with Crippen molar-refractivity contribution in [3.05, 3.63) is 69.8 Å². The van der Waals surface area contributed by atoms with Crippen molar-refractivity contribution in [2.75, 3.05) is 14.2 Å². The van der Waals surface area contributed by atoms with Gasteiger partial charge in [-0.2, -0.15) is 0 Å². The van der Waals surface area contributed by atoms with E-state index in [0.717, 1.165) is 5.56 Å². The summed E-state index contributed by atoms with van der Waals surface area (Å²) >= 11 is 0. The maximum atomic E-state index is 11.8. The highest BCUT2D eigenvalue weighted by atomic mass is 16.7. The van der Waals surface area contributed by atoms with Crippen LogP contribution in [-0.2, 0) is 11.4 Å². The lowest BCUT2D eigenvalue weighted by Gasteiger charge is -2.45. The fourth-order valence-corrected chi connectivity index (χ4v) is 3.70. The predicted molar refractivity (Wildman–Crippen MR) is 106 cm³/mol. The first-order valence-electron chi connectivity index (χ1n) is 9.41. The van der Waals surface area contributed by atoms with E-state index in [1.54, 1.807) is 25.1 Å². The van der Waals surface area contributed by atoms with Crippen molar-refractivity contribution in [3.63, 3.8) is 0 Å². The molecule has 1 fully saturated rings. The Kier molecular flexibility index (Phi) is 6.36. The smallest absolute Gasteiger partial charge is 0.235 e. The summed E-state index contributed by atoms with van der Waals surface area (Å²) in [6.07, 6.45) is 0.446. The zero-order chi connectivity index (χ0) is 21.0. The molecule has 0 radical (unpaired) electrons. The first-order chi connectivity index (χ1) is 13.9. The van der Waals surface area contributed by atoms with Crippen LogP contribution >= 0.6 is 0 Å². The van der Waals surface area contributed by atoms with E-state index in [0.29, 0.717) is 17.1 Å². The molecule has 29 heavy (non-hydrogen) atoms. The standard InChI is InChI=1S/C21H26N2O6/c1-21(24)12-11-17(23(25)26)20(16-9-10-18(27-2)19(13-16)28-3)22(21)29-14-15-7-5-4-6-8-15/h4-10,13,17,20,24H,11-12,14H2,1-3H3/t17-,20+,21+/m0/s1. The molecule has 0 unspecified atom stereocenters. The molecular formula is C21H26N2O6. The monoisotopic (exact) mass is 402 g/mol. The summed E-state index contributed by atoms with van der Waals surface area (Å²) in [5.74, 6) is 0.980. The molecular weight excluding hydrogens is 376 g/mol. The Morgan fingerprint density at radius 1 is 1.17 bits per heavy atom. The summed E-state index contributed by atoms with van der Waals surface area (Å²) in [6, 6.07) is 12.9. The van der Waals surface area contributed by atoms with Crippen molar-refractivity contribution in [2.45, 2.75) is 44.2 Å². The van der Waals surface area contributed by atoms with Crippen molar-refractivity contribution in [1.82, 2.24) is 5.06 Å². The number of methoxy groups -OCH3 is 2. The van der Waals surface area contributed by atoms with Crippen molar-refractivity contribution in [2.24, 2.45) is 0 Å². The van der Waals surface area contributed by atoms with Crippen LogP contribution in [0, 0.1) is 10.1 Å². The van der Waals surface area contributed by atoms with Crippen LogP contribution in [0.3, 0.4) is 0 Å². The lowest BCUT2D eigenvalue weighted by atomic mass is 9.87. The Morgan fingerprint density at radius 2 is 1.86 bits per heavy atom. The number of hydrogen-bond acceptors (Lipinski definition) is 7. The van der Waals surface area contributed by atoms with E-state index in [1.807, 2.05) is 30.3 Å². The third-order valence-corrected chi connectivity index (χ3v) is 5.24. The molecule has 0 aromatic heterocycles. The van der Waals surface area contributed by atoms with E-state index in [1.165, 1.54) is 19.3 Å². The normalized spacial score (nSPS) is 24.8. The van der Waals surface area contributed by atoms with Gasteiger partial charge in [-0.25, -0.2) is 0 Å². The molecule has 1 aliphatic heterocycles. The average Bonchev–Trinajstić information content (AvgIpc) is 2.72. The maximum absolute atomic E-state index is 11.8. The van der Waals surface area contributed by atoms with E-state index >= 15 is 0 Å². The van der Waals surface area contributed by atoms with Gasteiger partial charge >= 0.3 is 0 Å². The largest absolute Gasteiger partial charge is 0.493 e. The summed E-state index contributed by atoms with van der Waals surface area (Å²) in [5.41, 5.74) is 0.147. The van der Waals surface area contributed by atoms with Gasteiger partial charge in [0.25, 0.3) is 0 Å². The van der Waals surface area contributed by atoms with Gasteiger partial charge in [-0.3, -0.25) is 15.0 Å². The predicted octanol–water partition coefficient (Wildman–Crippen LogP) is 3.33. The third-order valence-electron chi connectivity index (χ3n) is 5.24. The Labute approximate surface area is 169 Å². The lowest BCUT2D eigenvalue weighted by molar-refractivity contribution is -0.552. The fourth-order valence-electron chi connectivity index (χ4n) is 3.70. The molecule has 156 valence electrons. The van der Waals surface area contributed by atoms with Gasteiger partial charge in [-0.1, -0.05) is 36.4 Å². The van der Waals surface area contributed by atoms with Crippen molar-refractivity contribution < 1.29 is 24.3 Å². The Bertz CT molecular complexity index is 842. The Hall–Kier alpha value is -2.68. The number of hydrogen-bond donors (Lipinski definition) is 1. The second-order valence-corrected chi connectivity index (χ2v) is 7.25. The number of hydroxylamine groups is 2. The van der Waals surface area contributed by atoms with Gasteiger partial charge in [0, 0.05) is 11.3 Å². The third kappa shape index (κ3) is 4.50. The second kappa shape index (κ2) is 8.77. The van der Waals surface area contributed by atoms with Gasteiger partial charge < -0.3 is 14.6 Å². The highest BCUT2D eigenvalue weighted by Gasteiger charge is 2.50. The summed E-state index contributed by atoms with van der Waals surface area (Å²) < 4.78 is 10.6. The summed E-state index contributed by atoms with van der Waals surface area (Å²) in [5, 5.41) is 24.2. The van der Waals surface area contributed by atoms with Crippen molar-refractivity contribution >= 4 is 0 Å². The van der Waals surface area contributed by atoms with Gasteiger partial charge in [-0.05, 0) is 36.6 Å². The zero-order valence-corrected chi connectivity index (χ0v) is 16.8. The highest BCUT2D eigenvalue weighted by Crippen LogP contribution is 2.43. The molecule has 0 bridgehead atoms. The molecule has 0 aliphatic carbocycles. The minimum atomic E-state index is -1.36. The molecule has 3 rings (SSSR count). The SMILES string of the molecule is COc1ccc([C@@H]2[C@@H]([N+](=O)[O-])CC[C@@](C)(O)N2OCc2ccccc2)cc1OC. The maximum Gasteiger partial charge on any atom is 0.235 e. The van der Waals surface area contributed by atoms with Gasteiger partial charge in [0.15, 0.2) is 11.5 Å². The quantitative estimate of drug-likeness (QED) is 0.561. The number of nitro groups is 1. The van der Waals surface area contributed by atoms with Crippen LogP contribution in [-0.4, -0.2) is 41.1 Å². The first-order valence-corrected chi connectivity index (χ1v) is 9.41. The average molecular weight is 402 g/mol. The molecule has 0 amide bonds. The summed E-state index contributed by atoms with van der Waals surface area (Å²) in [4.78, 5) is 17.5. The van der Waals surface area contributed by atoms with Gasteiger partial charge in [-0.15, -0.1) is 5.06 Å². The van der Waals surface area contributed by atoms with Crippen LogP contribution in [0.1, 0.15) is 36.9 Å². The first kappa shape index (κ1) is 21.0. The number of rotatable bonds is 7. The minimum absolute atomic E-state index is 0.186. The van der Waals surface area contributed by atoms with Crippen LogP contribution in [0.2, 0.25) is 0 Å². The number of aliphatic hydroxyl groups is 1. The van der Waals surface area contributed by atoms with E-state index < -0.39 is 17.8 Å². The minimum Gasteiger partial charge on any atom is -0.493 e. The topological polar surface area (TPSA) is 94.3 Å². The number of nitrogens with zero attached hydrogens (tertiary/aromatic N) is 2. The van der Waals surface area contributed by atoms with Gasteiger partial charge in [0.1, 0.15) is 11.8 Å². The van der Waals surface area contributed by atoms with E-state index in [9.17, 15) is 15.2 Å². The molecule has 1 heterocycles. The molecule has 8 nitrogen and oxygen atoms in total. The zero-order valence-electron chi connectivity index (χ0n) is 16.8.